The van der Waals surface area contributed by atoms with E-state index in [-0.39, 0.29) is 16.2 Å². The van der Waals surface area contributed by atoms with Gasteiger partial charge in [0.1, 0.15) is 0 Å². The Hall–Kier alpha value is -0.320. The molecule has 1 aliphatic rings. The van der Waals surface area contributed by atoms with Gasteiger partial charge in [0.05, 0.1) is 0 Å². The number of nitrogens with two attached hydrogens (primary N) is 1. The molecule has 4 heteroatoms. The zero-order valence-electron chi connectivity index (χ0n) is 10.6. The molecule has 0 saturated carbocycles. The number of carbonyl (C=O) groups excluding carboxylic acids is 1. The van der Waals surface area contributed by atoms with Crippen LogP contribution in [0.5, 0.6) is 0 Å². The molecule has 0 atom stereocenters. The van der Waals surface area contributed by atoms with Crippen molar-refractivity contribution in [3.63, 3.8) is 0 Å². The summed E-state index contributed by atoms with van der Waals surface area (Å²) >= 11 is 1.39. The van der Waals surface area contributed by atoms with Crippen LogP contribution >= 0.6 is 11.8 Å². The molecule has 0 aromatic rings. The maximum Gasteiger partial charge on any atom is 0.211 e. The Bertz CT molecular complexity index is 281. The number of piperidine rings is 1. The summed E-state index contributed by atoms with van der Waals surface area (Å²) in [5.41, 5.74) is -0.137. The number of carbonyl (C=O) groups is 1. The van der Waals surface area contributed by atoms with E-state index in [1.165, 1.54) is 17.8 Å². The van der Waals surface area contributed by atoms with Crippen LogP contribution in [0.2, 0.25) is 0 Å². The number of hydrazine groups is 1. The average molecular weight is 242 g/mol. The minimum absolute atomic E-state index is 0.0575. The Balaban J connectivity index is 2.78. The van der Waals surface area contributed by atoms with Crippen LogP contribution in [0.4, 0.5) is 0 Å². The first-order chi connectivity index (χ1) is 7.19. The number of hydrogen-bond donors (Lipinski definition) is 1. The minimum Gasteiger partial charge on any atom is -0.282 e. The van der Waals surface area contributed by atoms with Crippen molar-refractivity contribution >= 4 is 16.9 Å². The molecule has 0 unspecified atom stereocenters. The van der Waals surface area contributed by atoms with E-state index in [1.807, 2.05) is 5.01 Å². The monoisotopic (exact) mass is 242 g/mol. The second kappa shape index (κ2) is 4.51. The zero-order chi connectivity index (χ0) is 12.6. The van der Waals surface area contributed by atoms with Gasteiger partial charge in [-0.1, -0.05) is 18.3 Å². The van der Waals surface area contributed by atoms with Crippen molar-refractivity contribution in [3.8, 4) is 0 Å². The van der Waals surface area contributed by atoms with Gasteiger partial charge in [-0.3, -0.25) is 10.6 Å². The van der Waals surface area contributed by atoms with Crippen molar-refractivity contribution in [2.75, 3.05) is 0 Å². The number of rotatable bonds is 2. The molecule has 1 heterocycles. The van der Waals surface area contributed by atoms with Crippen LogP contribution in [-0.2, 0) is 4.79 Å². The first-order valence-corrected chi connectivity index (χ1v) is 6.45. The van der Waals surface area contributed by atoms with Gasteiger partial charge in [-0.2, -0.15) is 0 Å². The van der Waals surface area contributed by atoms with Crippen LogP contribution in [0.25, 0.3) is 0 Å². The third-order valence-corrected chi connectivity index (χ3v) is 4.27. The second-order valence-electron chi connectivity index (χ2n) is 5.67. The van der Waals surface area contributed by atoms with Crippen molar-refractivity contribution in [2.45, 2.75) is 56.9 Å². The molecule has 1 aliphatic heterocycles. The van der Waals surface area contributed by atoms with Crippen LogP contribution in [0, 0.1) is 0 Å². The van der Waals surface area contributed by atoms with Gasteiger partial charge < -0.3 is 0 Å². The van der Waals surface area contributed by atoms with Crippen molar-refractivity contribution in [1.29, 1.82) is 0 Å². The van der Waals surface area contributed by atoms with E-state index in [0.717, 1.165) is 12.8 Å². The lowest BCUT2D eigenvalue weighted by molar-refractivity contribution is -0.107. The molecule has 3 nitrogen and oxygen atoms in total. The molecule has 1 rings (SSSR count). The molecular formula is C12H22N2OS. The quantitative estimate of drug-likeness (QED) is 0.596. The Morgan fingerprint density at radius 2 is 1.81 bits per heavy atom. The van der Waals surface area contributed by atoms with Crippen LogP contribution in [0.1, 0.15) is 40.5 Å². The van der Waals surface area contributed by atoms with Crippen LogP contribution in [-0.4, -0.2) is 26.5 Å². The maximum absolute atomic E-state index is 11.4. The van der Waals surface area contributed by atoms with E-state index in [4.69, 9.17) is 5.84 Å². The standard InChI is InChI=1S/C12H22N2OS/c1-6-10(15)16-9-7-11(2,3)14(13)12(4,5)8-9/h6,9H,1,7-8,13H2,2-5H3. The first-order valence-electron chi connectivity index (χ1n) is 5.57. The number of thioether (sulfide) groups is 1. The summed E-state index contributed by atoms with van der Waals surface area (Å²) in [7, 11) is 0. The summed E-state index contributed by atoms with van der Waals surface area (Å²) in [4.78, 5) is 11.4. The van der Waals surface area contributed by atoms with Crippen molar-refractivity contribution < 1.29 is 4.79 Å². The molecule has 0 radical (unpaired) electrons. The van der Waals surface area contributed by atoms with Gasteiger partial charge in [0, 0.05) is 16.3 Å². The molecule has 0 bridgehead atoms. The topological polar surface area (TPSA) is 46.3 Å². The molecule has 1 saturated heterocycles. The van der Waals surface area contributed by atoms with E-state index < -0.39 is 0 Å². The van der Waals surface area contributed by atoms with E-state index in [9.17, 15) is 4.79 Å². The van der Waals surface area contributed by atoms with Gasteiger partial charge in [-0.15, -0.1) is 0 Å². The normalized spacial score (nSPS) is 25.3. The Morgan fingerprint density at radius 3 is 2.19 bits per heavy atom. The van der Waals surface area contributed by atoms with E-state index >= 15 is 0 Å². The van der Waals surface area contributed by atoms with Crippen molar-refractivity contribution in [1.82, 2.24) is 5.01 Å². The highest BCUT2D eigenvalue weighted by atomic mass is 32.2. The van der Waals surface area contributed by atoms with Gasteiger partial charge in [0.25, 0.3) is 0 Å². The number of hydrogen-bond acceptors (Lipinski definition) is 4. The minimum atomic E-state index is -0.0686. The van der Waals surface area contributed by atoms with Crippen LogP contribution < -0.4 is 5.84 Å². The highest BCUT2D eigenvalue weighted by molar-refractivity contribution is 8.14. The van der Waals surface area contributed by atoms with E-state index in [2.05, 4.69) is 34.3 Å². The van der Waals surface area contributed by atoms with Crippen LogP contribution in [0.3, 0.4) is 0 Å². The summed E-state index contributed by atoms with van der Waals surface area (Å²) in [6.07, 6.45) is 3.24. The van der Waals surface area contributed by atoms with E-state index in [1.54, 1.807) is 0 Å². The fourth-order valence-electron chi connectivity index (χ4n) is 2.50. The predicted molar refractivity (Wildman–Crippen MR) is 70.0 cm³/mol. The molecule has 0 aromatic carbocycles. The summed E-state index contributed by atoms with van der Waals surface area (Å²) in [6, 6.07) is 0. The Kier molecular flexibility index (Phi) is 3.87. The number of nitrogens with zero attached hydrogens (tertiary/aromatic N) is 1. The highest BCUT2D eigenvalue weighted by Gasteiger charge is 2.44. The SMILES string of the molecule is C=CC(=O)SC1CC(C)(C)N(N)C(C)(C)C1. The van der Waals surface area contributed by atoms with Gasteiger partial charge in [0.15, 0.2) is 0 Å². The van der Waals surface area contributed by atoms with Crippen LogP contribution in [0.15, 0.2) is 12.7 Å². The largest absolute Gasteiger partial charge is 0.282 e. The third-order valence-electron chi connectivity index (χ3n) is 3.21. The Morgan fingerprint density at radius 1 is 1.38 bits per heavy atom. The fourth-order valence-corrected chi connectivity index (χ4v) is 3.91. The van der Waals surface area contributed by atoms with Gasteiger partial charge in [-0.05, 0) is 46.6 Å². The van der Waals surface area contributed by atoms with Crippen molar-refractivity contribution in [3.05, 3.63) is 12.7 Å². The molecule has 1 fully saturated rings. The molecular weight excluding hydrogens is 220 g/mol. The lowest BCUT2D eigenvalue weighted by Gasteiger charge is -2.52. The van der Waals surface area contributed by atoms with Crippen molar-refractivity contribution in [2.24, 2.45) is 5.84 Å². The molecule has 0 amide bonds. The highest BCUT2D eigenvalue weighted by Crippen LogP contribution is 2.40. The average Bonchev–Trinajstić information content (AvgIpc) is 2.13. The summed E-state index contributed by atoms with van der Waals surface area (Å²) in [5.74, 6) is 6.13. The summed E-state index contributed by atoms with van der Waals surface area (Å²) in [5, 5.41) is 2.31. The second-order valence-corrected chi connectivity index (χ2v) is 6.97. The van der Waals surface area contributed by atoms with Gasteiger partial charge in [0.2, 0.25) is 5.12 Å². The van der Waals surface area contributed by atoms with Gasteiger partial charge in [-0.25, -0.2) is 5.01 Å². The Labute approximate surface area is 102 Å². The zero-order valence-corrected chi connectivity index (χ0v) is 11.4. The lowest BCUT2D eigenvalue weighted by atomic mass is 9.81. The smallest absolute Gasteiger partial charge is 0.211 e. The molecule has 2 N–H and O–H groups in total. The van der Waals surface area contributed by atoms with E-state index in [0.29, 0.717) is 5.25 Å². The molecule has 16 heavy (non-hydrogen) atoms. The first kappa shape index (κ1) is 13.7. The predicted octanol–water partition coefficient (Wildman–Crippen LogP) is 2.33. The lowest BCUT2D eigenvalue weighted by Crippen LogP contribution is -2.64. The molecule has 0 spiro atoms. The summed E-state index contributed by atoms with van der Waals surface area (Å²) < 4.78 is 0. The maximum atomic E-state index is 11.4. The summed E-state index contributed by atoms with van der Waals surface area (Å²) in [6.45, 7) is 12.0. The molecule has 0 aromatic heterocycles. The fraction of sp³-hybridized carbons (Fsp3) is 0.750. The molecule has 92 valence electrons. The van der Waals surface area contributed by atoms with Gasteiger partial charge >= 0.3 is 0 Å². The molecule has 0 aliphatic carbocycles. The third kappa shape index (κ3) is 2.87.